The van der Waals surface area contributed by atoms with Gasteiger partial charge < -0.3 is 14.3 Å². The zero-order valence-electron chi connectivity index (χ0n) is 8.45. The van der Waals surface area contributed by atoms with Gasteiger partial charge in [0.1, 0.15) is 0 Å². The van der Waals surface area contributed by atoms with Crippen molar-refractivity contribution in [2.24, 2.45) is 5.92 Å². The molecule has 1 aromatic rings. The summed E-state index contributed by atoms with van der Waals surface area (Å²) in [7, 11) is 0. The first-order valence-electron chi connectivity index (χ1n) is 5.10. The molecule has 1 aliphatic carbocycles. The van der Waals surface area contributed by atoms with E-state index >= 15 is 0 Å². The van der Waals surface area contributed by atoms with Gasteiger partial charge in [0.2, 0.25) is 0 Å². The maximum atomic E-state index is 5.56. The molecule has 0 bridgehead atoms. The third-order valence-corrected chi connectivity index (χ3v) is 2.92. The van der Waals surface area contributed by atoms with Crippen LogP contribution in [0.15, 0.2) is 6.20 Å². The van der Waals surface area contributed by atoms with Gasteiger partial charge in [0, 0.05) is 25.0 Å². The van der Waals surface area contributed by atoms with Gasteiger partial charge in [-0.25, -0.2) is 0 Å². The monoisotopic (exact) mass is 212 g/mol. The van der Waals surface area contributed by atoms with E-state index in [0.717, 1.165) is 30.4 Å². The summed E-state index contributed by atoms with van der Waals surface area (Å²) in [6, 6.07) is 0. The topological polar surface area (TPSA) is 29.9 Å². The molecule has 78 valence electrons. The number of rotatable bonds is 5. The van der Waals surface area contributed by atoms with Crippen LogP contribution in [0.4, 0.5) is 0 Å². The highest BCUT2D eigenvalue weighted by Crippen LogP contribution is 2.28. The lowest BCUT2D eigenvalue weighted by Crippen LogP contribution is -2.08. The van der Waals surface area contributed by atoms with Crippen LogP contribution < -0.4 is 0 Å². The van der Waals surface area contributed by atoms with Crippen LogP contribution in [-0.2, 0) is 11.3 Å². The van der Waals surface area contributed by atoms with Crippen LogP contribution in [0.3, 0.4) is 0 Å². The quantitative estimate of drug-likeness (QED) is 0.599. The van der Waals surface area contributed by atoms with E-state index in [9.17, 15) is 0 Å². The standard InChI is InChI=1S/C10H16N2OS/c1-8-6-11-10(14)12(8)4-5-13-7-9-2-3-9/h6,9H,2-5,7H2,1H3,(H,11,14). The number of hydrogen-bond donors (Lipinski definition) is 1. The molecule has 0 aliphatic heterocycles. The molecule has 2 rings (SSSR count). The van der Waals surface area contributed by atoms with Crippen molar-refractivity contribution in [1.29, 1.82) is 0 Å². The second-order valence-electron chi connectivity index (χ2n) is 3.91. The van der Waals surface area contributed by atoms with Gasteiger partial charge in [0.05, 0.1) is 6.61 Å². The summed E-state index contributed by atoms with van der Waals surface area (Å²) in [4.78, 5) is 3.02. The van der Waals surface area contributed by atoms with Crippen molar-refractivity contribution in [3.05, 3.63) is 16.7 Å². The molecule has 0 aromatic carbocycles. The van der Waals surface area contributed by atoms with Gasteiger partial charge in [-0.2, -0.15) is 0 Å². The zero-order chi connectivity index (χ0) is 9.97. The normalized spacial score (nSPS) is 16.1. The first kappa shape index (κ1) is 9.93. The maximum absolute atomic E-state index is 5.56. The third-order valence-electron chi connectivity index (χ3n) is 2.59. The molecule has 1 N–H and O–H groups in total. The Balaban J connectivity index is 1.76. The molecule has 0 saturated heterocycles. The molecule has 0 unspecified atom stereocenters. The average molecular weight is 212 g/mol. The van der Waals surface area contributed by atoms with Crippen molar-refractivity contribution < 1.29 is 4.74 Å². The second kappa shape index (κ2) is 4.28. The number of aromatic amines is 1. The number of nitrogens with zero attached hydrogens (tertiary/aromatic N) is 1. The van der Waals surface area contributed by atoms with E-state index in [2.05, 4.69) is 9.55 Å². The molecule has 1 heterocycles. The Morgan fingerprint density at radius 1 is 1.64 bits per heavy atom. The van der Waals surface area contributed by atoms with E-state index in [1.807, 2.05) is 13.1 Å². The zero-order valence-corrected chi connectivity index (χ0v) is 9.27. The minimum Gasteiger partial charge on any atom is -0.379 e. The van der Waals surface area contributed by atoms with Crippen molar-refractivity contribution in [3.63, 3.8) is 0 Å². The highest BCUT2D eigenvalue weighted by Gasteiger charge is 2.20. The number of aryl methyl sites for hydroxylation is 1. The second-order valence-corrected chi connectivity index (χ2v) is 4.29. The predicted molar refractivity (Wildman–Crippen MR) is 57.9 cm³/mol. The van der Waals surface area contributed by atoms with Crippen LogP contribution in [0.5, 0.6) is 0 Å². The summed E-state index contributed by atoms with van der Waals surface area (Å²) in [5.41, 5.74) is 1.17. The van der Waals surface area contributed by atoms with Crippen LogP contribution in [0.1, 0.15) is 18.5 Å². The lowest BCUT2D eigenvalue weighted by atomic mass is 10.5. The molecule has 3 nitrogen and oxygen atoms in total. The minimum atomic E-state index is 0.767. The van der Waals surface area contributed by atoms with Gasteiger partial charge in [0.15, 0.2) is 4.77 Å². The molecular weight excluding hydrogens is 196 g/mol. The van der Waals surface area contributed by atoms with Gasteiger partial charge in [-0.15, -0.1) is 0 Å². The molecule has 0 radical (unpaired) electrons. The Hall–Kier alpha value is -0.610. The molecule has 0 atom stereocenters. The SMILES string of the molecule is Cc1c[nH]c(=S)n1CCOCC1CC1. The van der Waals surface area contributed by atoms with E-state index in [4.69, 9.17) is 17.0 Å². The summed E-state index contributed by atoms with van der Waals surface area (Å²) in [6.07, 6.45) is 4.63. The fourth-order valence-corrected chi connectivity index (χ4v) is 1.74. The lowest BCUT2D eigenvalue weighted by Gasteiger charge is -2.05. The predicted octanol–water partition coefficient (Wildman–Crippen LogP) is 2.28. The molecule has 4 heteroatoms. The van der Waals surface area contributed by atoms with Crippen molar-refractivity contribution in [3.8, 4) is 0 Å². The van der Waals surface area contributed by atoms with Gasteiger partial charge in [-0.05, 0) is 37.9 Å². The smallest absolute Gasteiger partial charge is 0.177 e. The van der Waals surface area contributed by atoms with E-state index < -0.39 is 0 Å². The van der Waals surface area contributed by atoms with E-state index in [1.54, 1.807) is 0 Å². The fraction of sp³-hybridized carbons (Fsp3) is 0.700. The Kier molecular flexibility index (Phi) is 3.03. The number of H-pyrrole nitrogens is 1. The highest BCUT2D eigenvalue weighted by atomic mass is 32.1. The highest BCUT2D eigenvalue weighted by molar-refractivity contribution is 7.71. The molecule has 14 heavy (non-hydrogen) atoms. The van der Waals surface area contributed by atoms with Crippen LogP contribution in [0, 0.1) is 17.6 Å². The Morgan fingerprint density at radius 2 is 2.43 bits per heavy atom. The van der Waals surface area contributed by atoms with E-state index in [-0.39, 0.29) is 0 Å². The summed E-state index contributed by atoms with van der Waals surface area (Å²) in [6.45, 7) is 4.61. The third kappa shape index (κ3) is 2.45. The molecule has 1 aliphatic rings. The van der Waals surface area contributed by atoms with Gasteiger partial charge in [-0.3, -0.25) is 0 Å². The van der Waals surface area contributed by atoms with Gasteiger partial charge in [0.25, 0.3) is 0 Å². The number of ether oxygens (including phenoxy) is 1. The van der Waals surface area contributed by atoms with Gasteiger partial charge in [-0.1, -0.05) is 0 Å². The molecule has 1 saturated carbocycles. The Morgan fingerprint density at radius 3 is 3.00 bits per heavy atom. The summed E-state index contributed by atoms with van der Waals surface area (Å²) in [5, 5.41) is 0. The summed E-state index contributed by atoms with van der Waals surface area (Å²) >= 11 is 5.14. The van der Waals surface area contributed by atoms with Crippen LogP contribution in [0.2, 0.25) is 0 Å². The van der Waals surface area contributed by atoms with Crippen LogP contribution in [-0.4, -0.2) is 22.8 Å². The number of nitrogens with one attached hydrogen (secondary N) is 1. The first-order valence-corrected chi connectivity index (χ1v) is 5.51. The van der Waals surface area contributed by atoms with Gasteiger partial charge >= 0.3 is 0 Å². The largest absolute Gasteiger partial charge is 0.379 e. The minimum absolute atomic E-state index is 0.767. The van der Waals surface area contributed by atoms with Crippen LogP contribution >= 0.6 is 12.2 Å². The molecule has 0 amide bonds. The van der Waals surface area contributed by atoms with Crippen molar-refractivity contribution in [2.75, 3.05) is 13.2 Å². The average Bonchev–Trinajstić information content (AvgIpc) is 2.93. The number of aromatic nitrogens is 2. The Labute approximate surface area is 89.1 Å². The molecule has 1 aromatic heterocycles. The summed E-state index contributed by atoms with van der Waals surface area (Å²) < 4.78 is 8.42. The van der Waals surface area contributed by atoms with Crippen molar-refractivity contribution in [1.82, 2.24) is 9.55 Å². The maximum Gasteiger partial charge on any atom is 0.177 e. The number of hydrogen-bond acceptors (Lipinski definition) is 2. The lowest BCUT2D eigenvalue weighted by molar-refractivity contribution is 0.116. The van der Waals surface area contributed by atoms with E-state index in [0.29, 0.717) is 0 Å². The number of imidazole rings is 1. The van der Waals surface area contributed by atoms with Crippen molar-refractivity contribution >= 4 is 12.2 Å². The Bertz CT molecular complexity index is 351. The van der Waals surface area contributed by atoms with Crippen LogP contribution in [0.25, 0.3) is 0 Å². The first-order chi connectivity index (χ1) is 6.77. The molecule has 1 fully saturated rings. The summed E-state index contributed by atoms with van der Waals surface area (Å²) in [5.74, 6) is 0.843. The molecule has 0 spiro atoms. The van der Waals surface area contributed by atoms with Crippen molar-refractivity contribution in [2.45, 2.75) is 26.3 Å². The van der Waals surface area contributed by atoms with E-state index in [1.165, 1.54) is 18.5 Å². The molecular formula is C10H16N2OS. The fourth-order valence-electron chi connectivity index (χ4n) is 1.45.